The number of carbonyl (C=O) groups excluding carboxylic acids is 3. The van der Waals surface area contributed by atoms with Gasteiger partial charge in [0.15, 0.2) is 0 Å². The molecule has 19 heavy (non-hydrogen) atoms. The SMILES string of the molecule is CN1C(=O)Cc2cc(C3CNC(=O)C(=O)N3)ccc21. The van der Waals surface area contributed by atoms with E-state index in [0.29, 0.717) is 13.0 Å². The molecule has 3 amide bonds. The Morgan fingerprint density at radius 2 is 2.00 bits per heavy atom. The van der Waals surface area contributed by atoms with Gasteiger partial charge in [-0.3, -0.25) is 14.4 Å². The number of fused-ring (bicyclic) bond motifs is 1. The molecule has 98 valence electrons. The summed E-state index contributed by atoms with van der Waals surface area (Å²) in [6.07, 6.45) is 0.382. The molecule has 0 bridgehead atoms. The summed E-state index contributed by atoms with van der Waals surface area (Å²) in [4.78, 5) is 35.6. The van der Waals surface area contributed by atoms with E-state index >= 15 is 0 Å². The largest absolute Gasteiger partial charge is 0.345 e. The monoisotopic (exact) mass is 259 g/mol. The number of likely N-dealkylation sites (N-methyl/N-ethyl adjacent to an activating group) is 1. The number of nitrogens with one attached hydrogen (secondary N) is 2. The number of carbonyl (C=O) groups is 3. The normalized spacial score (nSPS) is 22.1. The number of hydrogen-bond donors (Lipinski definition) is 2. The minimum atomic E-state index is -0.620. The molecule has 0 radical (unpaired) electrons. The second kappa shape index (κ2) is 4.08. The van der Waals surface area contributed by atoms with E-state index in [0.717, 1.165) is 16.8 Å². The lowest BCUT2D eigenvalue weighted by molar-refractivity contribution is -0.141. The first-order chi connectivity index (χ1) is 9.06. The maximum absolute atomic E-state index is 11.6. The molecule has 3 rings (SSSR count). The van der Waals surface area contributed by atoms with Crippen LogP contribution in [0.15, 0.2) is 18.2 Å². The van der Waals surface area contributed by atoms with Gasteiger partial charge in [-0.25, -0.2) is 0 Å². The van der Waals surface area contributed by atoms with E-state index in [4.69, 9.17) is 0 Å². The molecule has 0 spiro atoms. The molecule has 2 N–H and O–H groups in total. The van der Waals surface area contributed by atoms with Crippen LogP contribution < -0.4 is 15.5 Å². The second-order valence-corrected chi connectivity index (χ2v) is 4.75. The van der Waals surface area contributed by atoms with E-state index in [-0.39, 0.29) is 11.9 Å². The summed E-state index contributed by atoms with van der Waals surface area (Å²) >= 11 is 0. The molecule has 0 saturated carbocycles. The molecule has 1 unspecified atom stereocenters. The third-order valence-electron chi connectivity index (χ3n) is 3.56. The van der Waals surface area contributed by atoms with Gasteiger partial charge in [0.25, 0.3) is 0 Å². The molecule has 6 nitrogen and oxygen atoms in total. The van der Waals surface area contributed by atoms with Gasteiger partial charge in [0.1, 0.15) is 0 Å². The van der Waals surface area contributed by atoms with Crippen LogP contribution in [-0.2, 0) is 20.8 Å². The summed E-state index contributed by atoms with van der Waals surface area (Å²) in [7, 11) is 1.75. The van der Waals surface area contributed by atoms with Gasteiger partial charge in [0, 0.05) is 19.3 Å². The Hall–Kier alpha value is -2.37. The van der Waals surface area contributed by atoms with Gasteiger partial charge >= 0.3 is 11.8 Å². The number of piperazine rings is 1. The van der Waals surface area contributed by atoms with Crippen LogP contribution in [0.25, 0.3) is 0 Å². The highest BCUT2D eigenvalue weighted by atomic mass is 16.2. The molecule has 0 aliphatic carbocycles. The lowest BCUT2D eigenvalue weighted by atomic mass is 10.0. The Morgan fingerprint density at radius 3 is 2.74 bits per heavy atom. The van der Waals surface area contributed by atoms with Crippen molar-refractivity contribution in [2.24, 2.45) is 0 Å². The zero-order valence-corrected chi connectivity index (χ0v) is 10.4. The van der Waals surface area contributed by atoms with E-state index in [1.54, 1.807) is 11.9 Å². The molecule has 6 heteroatoms. The first kappa shape index (κ1) is 11.7. The van der Waals surface area contributed by atoms with Crippen molar-refractivity contribution < 1.29 is 14.4 Å². The van der Waals surface area contributed by atoms with Crippen molar-refractivity contribution in [1.82, 2.24) is 10.6 Å². The van der Waals surface area contributed by atoms with E-state index in [1.165, 1.54) is 0 Å². The van der Waals surface area contributed by atoms with Gasteiger partial charge in [-0.05, 0) is 17.2 Å². The fourth-order valence-electron chi connectivity index (χ4n) is 2.46. The summed E-state index contributed by atoms with van der Waals surface area (Å²) in [6.45, 7) is 0.368. The molecule has 2 aliphatic heterocycles. The maximum Gasteiger partial charge on any atom is 0.309 e. The van der Waals surface area contributed by atoms with E-state index in [1.807, 2.05) is 18.2 Å². The zero-order valence-electron chi connectivity index (χ0n) is 10.4. The van der Waals surface area contributed by atoms with Crippen molar-refractivity contribution in [1.29, 1.82) is 0 Å². The Bertz CT molecular complexity index is 597. The summed E-state index contributed by atoms with van der Waals surface area (Å²) in [5.74, 6) is -1.16. The van der Waals surface area contributed by atoms with Crippen LogP contribution in [0.5, 0.6) is 0 Å². The second-order valence-electron chi connectivity index (χ2n) is 4.75. The third-order valence-corrected chi connectivity index (χ3v) is 3.56. The van der Waals surface area contributed by atoms with Crippen LogP contribution in [0.4, 0.5) is 5.69 Å². The van der Waals surface area contributed by atoms with Crippen molar-refractivity contribution >= 4 is 23.4 Å². The molecule has 1 saturated heterocycles. The molecule has 2 heterocycles. The smallest absolute Gasteiger partial charge is 0.309 e. The highest BCUT2D eigenvalue weighted by Gasteiger charge is 2.28. The number of rotatable bonds is 1. The predicted molar refractivity (Wildman–Crippen MR) is 67.4 cm³/mol. The molecule has 1 aromatic carbocycles. The first-order valence-electron chi connectivity index (χ1n) is 6.04. The highest BCUT2D eigenvalue weighted by molar-refractivity contribution is 6.35. The minimum Gasteiger partial charge on any atom is -0.345 e. The average Bonchev–Trinajstić information content (AvgIpc) is 2.68. The van der Waals surface area contributed by atoms with Gasteiger partial charge in [-0.2, -0.15) is 0 Å². The number of nitrogens with zero attached hydrogens (tertiary/aromatic N) is 1. The van der Waals surface area contributed by atoms with Crippen LogP contribution in [0.1, 0.15) is 17.2 Å². The molecule has 1 aromatic rings. The highest BCUT2D eigenvalue weighted by Crippen LogP contribution is 2.30. The molecule has 2 aliphatic rings. The average molecular weight is 259 g/mol. The Balaban J connectivity index is 1.88. The third kappa shape index (κ3) is 1.85. The van der Waals surface area contributed by atoms with Crippen LogP contribution >= 0.6 is 0 Å². The number of anilines is 1. The molecule has 1 fully saturated rings. The van der Waals surface area contributed by atoms with Crippen molar-refractivity contribution in [2.45, 2.75) is 12.5 Å². The summed E-state index contributed by atoms with van der Waals surface area (Å²) in [6, 6.07) is 5.42. The van der Waals surface area contributed by atoms with E-state index in [9.17, 15) is 14.4 Å². The summed E-state index contributed by atoms with van der Waals surface area (Å²) in [5, 5.41) is 5.18. The Labute approximate surface area is 109 Å². The van der Waals surface area contributed by atoms with E-state index in [2.05, 4.69) is 10.6 Å². The minimum absolute atomic E-state index is 0.0631. The molecular weight excluding hydrogens is 246 g/mol. The topological polar surface area (TPSA) is 78.5 Å². The number of hydrogen-bond acceptors (Lipinski definition) is 3. The van der Waals surface area contributed by atoms with Gasteiger partial charge in [0.05, 0.1) is 12.5 Å². The summed E-state index contributed by atoms with van der Waals surface area (Å²) < 4.78 is 0. The van der Waals surface area contributed by atoms with Crippen molar-refractivity contribution in [3.05, 3.63) is 29.3 Å². The Kier molecular flexibility index (Phi) is 2.51. The van der Waals surface area contributed by atoms with Crippen LogP contribution in [-0.4, -0.2) is 31.3 Å². The fourth-order valence-corrected chi connectivity index (χ4v) is 2.46. The predicted octanol–water partition coefficient (Wildman–Crippen LogP) is -0.507. The van der Waals surface area contributed by atoms with E-state index < -0.39 is 11.8 Å². The van der Waals surface area contributed by atoms with Gasteiger partial charge in [0.2, 0.25) is 5.91 Å². The van der Waals surface area contributed by atoms with Crippen molar-refractivity contribution in [2.75, 3.05) is 18.5 Å². The molecule has 0 aromatic heterocycles. The number of amides is 3. The van der Waals surface area contributed by atoms with Crippen LogP contribution in [0.3, 0.4) is 0 Å². The molecule has 1 atom stereocenters. The fraction of sp³-hybridized carbons (Fsp3) is 0.308. The van der Waals surface area contributed by atoms with Gasteiger partial charge < -0.3 is 15.5 Å². The summed E-state index contributed by atoms with van der Waals surface area (Å²) in [5.41, 5.74) is 2.76. The lowest BCUT2D eigenvalue weighted by Crippen LogP contribution is -2.51. The van der Waals surface area contributed by atoms with Crippen LogP contribution in [0, 0.1) is 0 Å². The standard InChI is InChI=1S/C13H13N3O3/c1-16-10-3-2-7(4-8(10)5-11(16)17)9-6-14-12(18)13(19)15-9/h2-4,9H,5-6H2,1H3,(H,14,18)(H,15,19). The van der Waals surface area contributed by atoms with Crippen molar-refractivity contribution in [3.63, 3.8) is 0 Å². The Morgan fingerprint density at radius 1 is 1.21 bits per heavy atom. The maximum atomic E-state index is 11.6. The van der Waals surface area contributed by atoms with Gasteiger partial charge in [-0.15, -0.1) is 0 Å². The number of benzene rings is 1. The van der Waals surface area contributed by atoms with Crippen LogP contribution in [0.2, 0.25) is 0 Å². The quantitative estimate of drug-likeness (QED) is 0.667. The zero-order chi connectivity index (χ0) is 13.6. The van der Waals surface area contributed by atoms with Crippen molar-refractivity contribution in [3.8, 4) is 0 Å². The van der Waals surface area contributed by atoms with Gasteiger partial charge in [-0.1, -0.05) is 12.1 Å². The first-order valence-corrected chi connectivity index (χ1v) is 6.04. The lowest BCUT2D eigenvalue weighted by Gasteiger charge is -2.24. The molecular formula is C13H13N3O3.